The molecule has 0 unspecified atom stereocenters. The molecule has 3 heteroatoms. The first kappa shape index (κ1) is 9.65. The fraction of sp³-hybridized carbons (Fsp3) is 0.0833. The van der Waals surface area contributed by atoms with Crippen LogP contribution in [0.2, 0.25) is 0 Å². The summed E-state index contributed by atoms with van der Waals surface area (Å²) in [4.78, 5) is 11.9. The van der Waals surface area contributed by atoms with Crippen LogP contribution in [0.1, 0.15) is 16.1 Å². The Morgan fingerprint density at radius 1 is 1.20 bits per heavy atom. The van der Waals surface area contributed by atoms with Gasteiger partial charge in [-0.1, -0.05) is 12.1 Å². The molecular formula is C12H10FNO. The maximum absolute atomic E-state index is 13.3. The zero-order valence-corrected chi connectivity index (χ0v) is 8.27. The molecule has 1 heterocycles. The van der Waals surface area contributed by atoms with Gasteiger partial charge in [0, 0.05) is 13.2 Å². The summed E-state index contributed by atoms with van der Waals surface area (Å²) >= 11 is 0. The summed E-state index contributed by atoms with van der Waals surface area (Å²) in [6.07, 6.45) is 1.76. The van der Waals surface area contributed by atoms with E-state index in [4.69, 9.17) is 0 Å². The van der Waals surface area contributed by atoms with Crippen LogP contribution in [-0.2, 0) is 7.05 Å². The second-order valence-electron chi connectivity index (χ2n) is 3.31. The maximum Gasteiger partial charge on any atom is 0.212 e. The van der Waals surface area contributed by atoms with Gasteiger partial charge in [0.25, 0.3) is 0 Å². The van der Waals surface area contributed by atoms with Gasteiger partial charge in [-0.3, -0.25) is 4.79 Å². The summed E-state index contributed by atoms with van der Waals surface area (Å²) in [6.45, 7) is 0. The number of carbonyl (C=O) groups is 1. The van der Waals surface area contributed by atoms with Crippen molar-refractivity contribution >= 4 is 5.78 Å². The lowest BCUT2D eigenvalue weighted by atomic mass is 10.1. The van der Waals surface area contributed by atoms with Gasteiger partial charge in [0.15, 0.2) is 0 Å². The van der Waals surface area contributed by atoms with Gasteiger partial charge in [0.1, 0.15) is 5.82 Å². The third kappa shape index (κ3) is 1.68. The molecule has 2 nitrogen and oxygen atoms in total. The van der Waals surface area contributed by atoms with Crippen molar-refractivity contribution in [3.63, 3.8) is 0 Å². The number of nitrogens with zero attached hydrogens (tertiary/aromatic N) is 1. The lowest BCUT2D eigenvalue weighted by Crippen LogP contribution is -2.08. The molecule has 1 aromatic heterocycles. The Hall–Kier alpha value is -1.90. The average Bonchev–Trinajstić information content (AvgIpc) is 2.64. The van der Waals surface area contributed by atoms with E-state index in [0.29, 0.717) is 5.69 Å². The molecule has 0 bridgehead atoms. The minimum Gasteiger partial charge on any atom is -0.348 e. The van der Waals surface area contributed by atoms with Crippen molar-refractivity contribution < 1.29 is 9.18 Å². The van der Waals surface area contributed by atoms with Crippen LogP contribution in [-0.4, -0.2) is 10.4 Å². The Balaban J connectivity index is 2.46. The molecule has 0 saturated carbocycles. The highest BCUT2D eigenvalue weighted by molar-refractivity contribution is 6.08. The van der Waals surface area contributed by atoms with E-state index in [-0.39, 0.29) is 11.3 Å². The molecule has 0 amide bonds. The zero-order chi connectivity index (χ0) is 10.8. The molecule has 0 fully saturated rings. The van der Waals surface area contributed by atoms with E-state index in [2.05, 4.69) is 0 Å². The van der Waals surface area contributed by atoms with Crippen molar-refractivity contribution in [3.8, 4) is 0 Å². The van der Waals surface area contributed by atoms with Gasteiger partial charge in [0.2, 0.25) is 5.78 Å². The normalized spacial score (nSPS) is 10.3. The van der Waals surface area contributed by atoms with Crippen molar-refractivity contribution in [1.29, 1.82) is 0 Å². The van der Waals surface area contributed by atoms with Crippen LogP contribution < -0.4 is 0 Å². The number of aromatic nitrogens is 1. The first-order chi connectivity index (χ1) is 7.20. The fourth-order valence-electron chi connectivity index (χ4n) is 1.48. The van der Waals surface area contributed by atoms with Crippen molar-refractivity contribution in [2.45, 2.75) is 0 Å². The highest BCUT2D eigenvalue weighted by Gasteiger charge is 2.14. The number of carbonyl (C=O) groups excluding carboxylic acids is 1. The van der Waals surface area contributed by atoms with E-state index in [0.717, 1.165) is 0 Å². The molecule has 0 atom stereocenters. The molecule has 2 rings (SSSR count). The maximum atomic E-state index is 13.3. The topological polar surface area (TPSA) is 22.0 Å². The second kappa shape index (κ2) is 3.69. The SMILES string of the molecule is Cn1cccc1C(=O)c1ccccc1F. The smallest absolute Gasteiger partial charge is 0.212 e. The van der Waals surface area contributed by atoms with Gasteiger partial charge < -0.3 is 4.57 Å². The highest BCUT2D eigenvalue weighted by atomic mass is 19.1. The number of benzene rings is 1. The minimum absolute atomic E-state index is 0.110. The quantitative estimate of drug-likeness (QED) is 0.687. The van der Waals surface area contributed by atoms with E-state index < -0.39 is 5.82 Å². The third-order valence-electron chi connectivity index (χ3n) is 2.29. The van der Waals surface area contributed by atoms with Crippen LogP contribution in [0, 0.1) is 5.82 Å². The summed E-state index contributed by atoms with van der Waals surface area (Å²) < 4.78 is 15.0. The molecule has 0 aliphatic heterocycles. The van der Waals surface area contributed by atoms with Crippen LogP contribution in [0.15, 0.2) is 42.6 Å². The highest BCUT2D eigenvalue weighted by Crippen LogP contribution is 2.13. The van der Waals surface area contributed by atoms with E-state index in [1.807, 2.05) is 0 Å². The first-order valence-corrected chi connectivity index (χ1v) is 4.60. The average molecular weight is 203 g/mol. The predicted molar refractivity (Wildman–Crippen MR) is 55.2 cm³/mol. The van der Waals surface area contributed by atoms with Crippen molar-refractivity contribution in [3.05, 3.63) is 59.7 Å². The summed E-state index contributed by atoms with van der Waals surface area (Å²) in [6, 6.07) is 9.43. The second-order valence-corrected chi connectivity index (χ2v) is 3.31. The molecule has 0 aliphatic rings. The van der Waals surface area contributed by atoms with Crippen molar-refractivity contribution in [2.75, 3.05) is 0 Å². The van der Waals surface area contributed by atoms with Crippen LogP contribution in [0.3, 0.4) is 0 Å². The zero-order valence-electron chi connectivity index (χ0n) is 8.27. The molecule has 0 aliphatic carbocycles. The van der Waals surface area contributed by atoms with E-state index >= 15 is 0 Å². The Morgan fingerprint density at radius 3 is 2.53 bits per heavy atom. The number of ketones is 1. The molecule has 15 heavy (non-hydrogen) atoms. The van der Waals surface area contributed by atoms with Gasteiger partial charge in [0.05, 0.1) is 11.3 Å². The number of hydrogen-bond acceptors (Lipinski definition) is 1. The summed E-state index contributed by atoms with van der Waals surface area (Å²) in [7, 11) is 1.76. The van der Waals surface area contributed by atoms with Crippen molar-refractivity contribution in [2.24, 2.45) is 7.05 Å². The fourth-order valence-corrected chi connectivity index (χ4v) is 1.48. The van der Waals surface area contributed by atoms with Gasteiger partial charge in [-0.25, -0.2) is 4.39 Å². The van der Waals surface area contributed by atoms with Crippen LogP contribution in [0.25, 0.3) is 0 Å². The number of aryl methyl sites for hydroxylation is 1. The molecule has 0 radical (unpaired) electrons. The Labute approximate surface area is 87.0 Å². The van der Waals surface area contributed by atoms with E-state index in [9.17, 15) is 9.18 Å². The molecule has 0 saturated heterocycles. The lowest BCUT2D eigenvalue weighted by molar-refractivity contribution is 0.102. The summed E-state index contributed by atoms with van der Waals surface area (Å²) in [5.74, 6) is -0.774. The number of halogens is 1. The Kier molecular flexibility index (Phi) is 2.37. The van der Waals surface area contributed by atoms with Gasteiger partial charge in [-0.15, -0.1) is 0 Å². The predicted octanol–water partition coefficient (Wildman–Crippen LogP) is 2.40. The molecule has 76 valence electrons. The third-order valence-corrected chi connectivity index (χ3v) is 2.29. The van der Waals surface area contributed by atoms with Gasteiger partial charge >= 0.3 is 0 Å². The summed E-state index contributed by atoms with van der Waals surface area (Å²) in [5.41, 5.74) is 0.597. The standard InChI is InChI=1S/C12H10FNO/c1-14-8-4-7-11(14)12(15)9-5-2-3-6-10(9)13/h2-8H,1H3. The van der Waals surface area contributed by atoms with Crippen LogP contribution in [0.5, 0.6) is 0 Å². The van der Waals surface area contributed by atoms with E-state index in [1.165, 1.54) is 12.1 Å². The van der Waals surface area contributed by atoms with Crippen molar-refractivity contribution in [1.82, 2.24) is 4.57 Å². The molecule has 0 N–H and O–H groups in total. The Bertz CT molecular complexity index is 502. The van der Waals surface area contributed by atoms with Gasteiger partial charge in [-0.2, -0.15) is 0 Å². The Morgan fingerprint density at radius 2 is 1.93 bits per heavy atom. The minimum atomic E-state index is -0.483. The summed E-state index contributed by atoms with van der Waals surface area (Å²) in [5, 5.41) is 0. The van der Waals surface area contributed by atoms with E-state index in [1.54, 1.807) is 42.1 Å². The molecular weight excluding hydrogens is 193 g/mol. The molecule has 1 aromatic carbocycles. The number of rotatable bonds is 2. The number of hydrogen-bond donors (Lipinski definition) is 0. The monoisotopic (exact) mass is 203 g/mol. The molecule has 0 spiro atoms. The largest absolute Gasteiger partial charge is 0.348 e. The van der Waals surface area contributed by atoms with Gasteiger partial charge in [-0.05, 0) is 24.3 Å². The first-order valence-electron chi connectivity index (χ1n) is 4.60. The lowest BCUT2D eigenvalue weighted by Gasteiger charge is -2.03. The van der Waals surface area contributed by atoms with Crippen LogP contribution in [0.4, 0.5) is 4.39 Å². The van der Waals surface area contributed by atoms with Crippen LogP contribution >= 0.6 is 0 Å². The molecule has 2 aromatic rings.